The number of nitrogens with zero attached hydrogens (tertiary/aromatic N) is 1. The van der Waals surface area contributed by atoms with Crippen LogP contribution in [0.1, 0.15) is 42.9 Å². The molecule has 0 radical (unpaired) electrons. The number of pyridine rings is 1. The quantitative estimate of drug-likeness (QED) is 0.758. The van der Waals surface area contributed by atoms with E-state index in [1.807, 2.05) is 0 Å². The first-order valence-corrected chi connectivity index (χ1v) is 5.99. The van der Waals surface area contributed by atoms with Crippen LogP contribution < -0.4 is 0 Å². The van der Waals surface area contributed by atoms with Gasteiger partial charge >= 0.3 is 6.18 Å². The summed E-state index contributed by atoms with van der Waals surface area (Å²) < 4.78 is 37.1. The molecule has 0 aromatic carbocycles. The Morgan fingerprint density at radius 3 is 2.28 bits per heavy atom. The number of aromatic nitrogens is 1. The van der Waals surface area contributed by atoms with Crippen molar-refractivity contribution in [1.82, 2.24) is 4.98 Å². The summed E-state index contributed by atoms with van der Waals surface area (Å²) in [5, 5.41) is 0. The van der Waals surface area contributed by atoms with Gasteiger partial charge in [-0.1, -0.05) is 6.07 Å². The van der Waals surface area contributed by atoms with Gasteiger partial charge in [0, 0.05) is 12.1 Å². The van der Waals surface area contributed by atoms with Gasteiger partial charge in [0.1, 0.15) is 12.0 Å². The summed E-state index contributed by atoms with van der Waals surface area (Å²) in [5.41, 5.74) is -0.0137. The third-order valence-electron chi connectivity index (χ3n) is 3.51. The van der Waals surface area contributed by atoms with Crippen LogP contribution in [0.5, 0.6) is 0 Å². The SMILES string of the molecule is O=CC1CCC(c2ccc(C(F)(F)F)nc2)CC1. The predicted molar refractivity (Wildman–Crippen MR) is 60.0 cm³/mol. The molecule has 1 fully saturated rings. The van der Waals surface area contributed by atoms with Gasteiger partial charge in [0.25, 0.3) is 0 Å². The normalized spacial score (nSPS) is 24.8. The molecule has 18 heavy (non-hydrogen) atoms. The molecule has 0 saturated heterocycles. The average Bonchev–Trinajstić information content (AvgIpc) is 2.38. The number of carbonyl (C=O) groups excluding carboxylic acids is 1. The summed E-state index contributed by atoms with van der Waals surface area (Å²) in [5.74, 6) is 0.347. The molecule has 1 heterocycles. The third kappa shape index (κ3) is 2.89. The Kier molecular flexibility index (Phi) is 3.68. The second kappa shape index (κ2) is 5.08. The lowest BCUT2D eigenvalue weighted by atomic mass is 9.80. The Balaban J connectivity index is 2.05. The molecular formula is C13H14F3NO. The Labute approximate surface area is 103 Å². The molecule has 0 spiro atoms. The van der Waals surface area contributed by atoms with Gasteiger partial charge in [0.05, 0.1) is 0 Å². The Hall–Kier alpha value is -1.39. The van der Waals surface area contributed by atoms with Crippen molar-refractivity contribution in [3.05, 3.63) is 29.6 Å². The zero-order valence-corrected chi connectivity index (χ0v) is 9.78. The van der Waals surface area contributed by atoms with E-state index in [1.54, 1.807) is 0 Å². The summed E-state index contributed by atoms with van der Waals surface area (Å²) in [7, 11) is 0. The van der Waals surface area contributed by atoms with Crippen molar-refractivity contribution in [3.63, 3.8) is 0 Å². The Bertz CT molecular complexity index is 405. The van der Waals surface area contributed by atoms with Gasteiger partial charge < -0.3 is 4.79 Å². The maximum absolute atomic E-state index is 12.4. The van der Waals surface area contributed by atoms with Gasteiger partial charge in [-0.05, 0) is 43.2 Å². The first kappa shape index (κ1) is 13.1. The highest BCUT2D eigenvalue weighted by atomic mass is 19.4. The fourth-order valence-corrected chi connectivity index (χ4v) is 2.40. The minimum absolute atomic E-state index is 0.114. The molecule has 1 aliphatic carbocycles. The molecule has 0 aliphatic heterocycles. The molecule has 2 rings (SSSR count). The molecule has 1 aromatic rings. The molecule has 5 heteroatoms. The van der Waals surface area contributed by atoms with Crippen molar-refractivity contribution < 1.29 is 18.0 Å². The second-order valence-corrected chi connectivity index (χ2v) is 4.72. The van der Waals surface area contributed by atoms with E-state index >= 15 is 0 Å². The predicted octanol–water partition coefficient (Wildman–Crippen LogP) is 3.57. The third-order valence-corrected chi connectivity index (χ3v) is 3.51. The molecule has 0 amide bonds. The van der Waals surface area contributed by atoms with E-state index in [4.69, 9.17) is 0 Å². The van der Waals surface area contributed by atoms with Crippen molar-refractivity contribution in [2.45, 2.75) is 37.8 Å². The van der Waals surface area contributed by atoms with E-state index in [1.165, 1.54) is 12.3 Å². The first-order valence-electron chi connectivity index (χ1n) is 5.99. The van der Waals surface area contributed by atoms with Crippen LogP contribution in [0.25, 0.3) is 0 Å². The summed E-state index contributed by atoms with van der Waals surface area (Å²) in [6, 6.07) is 2.53. The number of carbonyl (C=O) groups is 1. The molecule has 1 saturated carbocycles. The van der Waals surface area contributed by atoms with Crippen molar-refractivity contribution >= 4 is 6.29 Å². The summed E-state index contributed by atoms with van der Waals surface area (Å²) in [6.07, 6.45) is 1.22. The van der Waals surface area contributed by atoms with Crippen molar-refractivity contribution in [2.75, 3.05) is 0 Å². The number of hydrogen-bond acceptors (Lipinski definition) is 2. The van der Waals surface area contributed by atoms with Crippen molar-refractivity contribution in [2.24, 2.45) is 5.92 Å². The number of rotatable bonds is 2. The average molecular weight is 257 g/mol. The fourth-order valence-electron chi connectivity index (χ4n) is 2.40. The molecule has 0 unspecified atom stereocenters. The van der Waals surface area contributed by atoms with E-state index in [-0.39, 0.29) is 11.8 Å². The Morgan fingerprint density at radius 2 is 1.83 bits per heavy atom. The zero-order valence-electron chi connectivity index (χ0n) is 9.78. The fraction of sp³-hybridized carbons (Fsp3) is 0.538. The standard InChI is InChI=1S/C13H14F3NO/c14-13(15,16)12-6-5-11(7-17-12)10-3-1-9(8-18)2-4-10/h5-10H,1-4H2. The van der Waals surface area contributed by atoms with Gasteiger partial charge in [-0.2, -0.15) is 13.2 Å². The lowest BCUT2D eigenvalue weighted by molar-refractivity contribution is -0.141. The van der Waals surface area contributed by atoms with E-state index in [0.29, 0.717) is 0 Å². The lowest BCUT2D eigenvalue weighted by Crippen LogP contribution is -2.15. The molecule has 1 aliphatic rings. The van der Waals surface area contributed by atoms with Crippen LogP contribution in [0.15, 0.2) is 18.3 Å². The molecule has 0 N–H and O–H groups in total. The van der Waals surface area contributed by atoms with Crippen LogP contribution in [0, 0.1) is 5.92 Å². The van der Waals surface area contributed by atoms with E-state index in [0.717, 1.165) is 43.6 Å². The monoisotopic (exact) mass is 257 g/mol. The Morgan fingerprint density at radius 1 is 1.17 bits per heavy atom. The highest BCUT2D eigenvalue weighted by Gasteiger charge is 2.32. The molecule has 1 aromatic heterocycles. The topological polar surface area (TPSA) is 30.0 Å². The van der Waals surface area contributed by atoms with E-state index < -0.39 is 11.9 Å². The minimum atomic E-state index is -4.38. The van der Waals surface area contributed by atoms with Crippen LogP contribution in [0.3, 0.4) is 0 Å². The smallest absolute Gasteiger partial charge is 0.303 e. The van der Waals surface area contributed by atoms with Crippen LogP contribution in [-0.2, 0) is 11.0 Å². The number of hydrogen-bond donors (Lipinski definition) is 0. The molecule has 0 bridgehead atoms. The number of aldehydes is 1. The van der Waals surface area contributed by atoms with Crippen LogP contribution in [0.4, 0.5) is 13.2 Å². The molecule has 2 nitrogen and oxygen atoms in total. The van der Waals surface area contributed by atoms with Gasteiger partial charge in [0.2, 0.25) is 0 Å². The van der Waals surface area contributed by atoms with Gasteiger partial charge in [-0.15, -0.1) is 0 Å². The molecule has 98 valence electrons. The molecular weight excluding hydrogens is 243 g/mol. The number of halogens is 3. The van der Waals surface area contributed by atoms with Gasteiger partial charge in [-0.25, -0.2) is 0 Å². The maximum Gasteiger partial charge on any atom is 0.433 e. The maximum atomic E-state index is 12.4. The van der Waals surface area contributed by atoms with E-state index in [2.05, 4.69) is 4.98 Å². The minimum Gasteiger partial charge on any atom is -0.303 e. The first-order chi connectivity index (χ1) is 8.50. The highest BCUT2D eigenvalue weighted by molar-refractivity contribution is 5.53. The molecule has 0 atom stereocenters. The van der Waals surface area contributed by atoms with Crippen LogP contribution in [-0.4, -0.2) is 11.3 Å². The lowest BCUT2D eigenvalue weighted by Gasteiger charge is -2.25. The second-order valence-electron chi connectivity index (χ2n) is 4.72. The zero-order chi connectivity index (χ0) is 13.2. The van der Waals surface area contributed by atoms with Crippen LogP contribution in [0.2, 0.25) is 0 Å². The highest BCUT2D eigenvalue weighted by Crippen LogP contribution is 2.35. The van der Waals surface area contributed by atoms with E-state index in [9.17, 15) is 18.0 Å². The summed E-state index contributed by atoms with van der Waals surface area (Å²) >= 11 is 0. The summed E-state index contributed by atoms with van der Waals surface area (Å²) in [4.78, 5) is 14.1. The number of alkyl halides is 3. The van der Waals surface area contributed by atoms with Crippen LogP contribution >= 0.6 is 0 Å². The van der Waals surface area contributed by atoms with Crippen molar-refractivity contribution in [1.29, 1.82) is 0 Å². The summed E-state index contributed by atoms with van der Waals surface area (Å²) in [6.45, 7) is 0. The van der Waals surface area contributed by atoms with Gasteiger partial charge in [-0.3, -0.25) is 4.98 Å². The van der Waals surface area contributed by atoms with Gasteiger partial charge in [0.15, 0.2) is 0 Å². The largest absolute Gasteiger partial charge is 0.433 e. The van der Waals surface area contributed by atoms with Crippen molar-refractivity contribution in [3.8, 4) is 0 Å².